The van der Waals surface area contributed by atoms with Crippen molar-refractivity contribution in [3.8, 4) is 11.5 Å². The molecule has 4 nitrogen and oxygen atoms in total. The van der Waals surface area contributed by atoms with Crippen LogP contribution in [-0.2, 0) is 12.8 Å². The van der Waals surface area contributed by atoms with E-state index >= 15 is 0 Å². The molecule has 2 N–H and O–H groups in total. The van der Waals surface area contributed by atoms with E-state index in [0.29, 0.717) is 5.92 Å². The first-order valence-corrected chi connectivity index (χ1v) is 6.00. The Balaban J connectivity index is 2.03. The number of aromatic nitrogens is 3. The molecule has 1 atom stereocenters. The molecule has 1 aliphatic carbocycles. The number of aromatic amines is 2. The fraction of sp³-hybridized carbons (Fsp3) is 0.385. The van der Waals surface area contributed by atoms with E-state index in [1.807, 2.05) is 6.07 Å². The van der Waals surface area contributed by atoms with Crippen molar-refractivity contribution in [2.45, 2.75) is 26.2 Å². The molecule has 2 aromatic rings. The van der Waals surface area contributed by atoms with Gasteiger partial charge in [0.2, 0.25) is 5.56 Å². The molecule has 0 aromatic carbocycles. The van der Waals surface area contributed by atoms with E-state index in [-0.39, 0.29) is 5.56 Å². The number of fused-ring (bicyclic) bond motifs is 1. The molecule has 0 radical (unpaired) electrons. The van der Waals surface area contributed by atoms with Crippen LogP contribution in [0.1, 0.15) is 24.7 Å². The van der Waals surface area contributed by atoms with Crippen molar-refractivity contribution in [2.75, 3.05) is 0 Å². The number of hydrogen-bond acceptors (Lipinski definition) is 2. The molecular weight excluding hydrogens is 214 g/mol. The molecule has 0 amide bonds. The van der Waals surface area contributed by atoms with Crippen molar-refractivity contribution in [1.82, 2.24) is 15.0 Å². The number of nitrogens with one attached hydrogen (secondary N) is 2. The van der Waals surface area contributed by atoms with E-state index in [1.165, 1.54) is 18.2 Å². The van der Waals surface area contributed by atoms with Crippen LogP contribution in [0.3, 0.4) is 0 Å². The zero-order chi connectivity index (χ0) is 11.8. The Morgan fingerprint density at radius 2 is 2.24 bits per heavy atom. The molecule has 1 aliphatic rings. The van der Waals surface area contributed by atoms with Crippen LogP contribution in [0.4, 0.5) is 0 Å². The third-order valence-electron chi connectivity index (χ3n) is 3.31. The summed E-state index contributed by atoms with van der Waals surface area (Å²) < 4.78 is 0. The highest BCUT2D eigenvalue weighted by Gasteiger charge is 2.19. The quantitative estimate of drug-likeness (QED) is 0.784. The molecule has 1 unspecified atom stereocenters. The third-order valence-corrected chi connectivity index (χ3v) is 3.31. The van der Waals surface area contributed by atoms with Gasteiger partial charge in [-0.1, -0.05) is 13.0 Å². The van der Waals surface area contributed by atoms with Gasteiger partial charge in [0.15, 0.2) is 5.82 Å². The highest BCUT2D eigenvalue weighted by atomic mass is 16.1. The minimum atomic E-state index is -0.0924. The first-order valence-electron chi connectivity index (χ1n) is 6.00. The predicted octanol–water partition coefficient (Wildman–Crippen LogP) is 1.89. The van der Waals surface area contributed by atoms with Gasteiger partial charge in [0.1, 0.15) is 0 Å². The van der Waals surface area contributed by atoms with Crippen LogP contribution in [0.15, 0.2) is 23.0 Å². The number of H-pyrrole nitrogens is 2. The molecule has 0 bridgehead atoms. The molecule has 2 aromatic heterocycles. The number of pyridine rings is 1. The summed E-state index contributed by atoms with van der Waals surface area (Å²) in [5.41, 5.74) is 3.05. The van der Waals surface area contributed by atoms with Crippen LogP contribution in [0.2, 0.25) is 0 Å². The van der Waals surface area contributed by atoms with Gasteiger partial charge in [0.25, 0.3) is 0 Å². The van der Waals surface area contributed by atoms with Crippen molar-refractivity contribution in [1.29, 1.82) is 0 Å². The number of nitrogens with zero attached hydrogens (tertiary/aromatic N) is 1. The summed E-state index contributed by atoms with van der Waals surface area (Å²) in [6, 6.07) is 5.13. The fourth-order valence-corrected chi connectivity index (χ4v) is 2.37. The van der Waals surface area contributed by atoms with Gasteiger partial charge >= 0.3 is 0 Å². The summed E-state index contributed by atoms with van der Waals surface area (Å²) in [5.74, 6) is 1.49. The van der Waals surface area contributed by atoms with Gasteiger partial charge in [-0.3, -0.25) is 4.79 Å². The van der Waals surface area contributed by atoms with Crippen LogP contribution >= 0.6 is 0 Å². The van der Waals surface area contributed by atoms with Crippen molar-refractivity contribution in [2.24, 2.45) is 5.92 Å². The fourth-order valence-electron chi connectivity index (χ4n) is 2.37. The van der Waals surface area contributed by atoms with E-state index in [9.17, 15) is 4.79 Å². The van der Waals surface area contributed by atoms with Crippen LogP contribution in [-0.4, -0.2) is 15.0 Å². The Hall–Kier alpha value is -1.84. The molecule has 88 valence electrons. The highest BCUT2D eigenvalue weighted by Crippen LogP contribution is 2.25. The van der Waals surface area contributed by atoms with Gasteiger partial charge in [-0.2, -0.15) is 0 Å². The van der Waals surface area contributed by atoms with Crippen molar-refractivity contribution in [3.63, 3.8) is 0 Å². The molecule has 0 spiro atoms. The van der Waals surface area contributed by atoms with Crippen molar-refractivity contribution >= 4 is 0 Å². The minimum absolute atomic E-state index is 0.0924. The lowest BCUT2D eigenvalue weighted by Gasteiger charge is -2.15. The van der Waals surface area contributed by atoms with E-state index in [0.717, 1.165) is 30.1 Å². The summed E-state index contributed by atoms with van der Waals surface area (Å²) in [6.45, 7) is 2.26. The average molecular weight is 229 g/mol. The normalized spacial score (nSPS) is 19.0. The van der Waals surface area contributed by atoms with Crippen LogP contribution in [0, 0.1) is 5.92 Å². The SMILES string of the molecule is CC1CCc2nc(-c3cccc(=O)[nH]3)[nH]c2C1. The molecule has 0 aliphatic heterocycles. The summed E-state index contributed by atoms with van der Waals surface area (Å²) in [6.07, 6.45) is 3.28. The summed E-state index contributed by atoms with van der Waals surface area (Å²) in [5, 5.41) is 0. The van der Waals surface area contributed by atoms with E-state index < -0.39 is 0 Å². The second-order valence-electron chi connectivity index (χ2n) is 4.79. The first-order chi connectivity index (χ1) is 8.22. The summed E-state index contributed by atoms with van der Waals surface area (Å²) >= 11 is 0. The number of aryl methyl sites for hydroxylation is 1. The van der Waals surface area contributed by atoms with Crippen LogP contribution < -0.4 is 5.56 Å². The Bertz CT molecular complexity index is 597. The molecule has 0 fully saturated rings. The number of rotatable bonds is 1. The second kappa shape index (κ2) is 3.87. The first kappa shape index (κ1) is 10.3. The molecular formula is C13H15N3O. The van der Waals surface area contributed by atoms with Crippen LogP contribution in [0.25, 0.3) is 11.5 Å². The maximum Gasteiger partial charge on any atom is 0.248 e. The van der Waals surface area contributed by atoms with Gasteiger partial charge < -0.3 is 9.97 Å². The third kappa shape index (κ3) is 1.90. The molecule has 2 heterocycles. The lowest BCUT2D eigenvalue weighted by Crippen LogP contribution is -2.10. The lowest BCUT2D eigenvalue weighted by atomic mass is 9.92. The number of imidazole rings is 1. The van der Waals surface area contributed by atoms with Gasteiger partial charge in [0.05, 0.1) is 11.4 Å². The largest absolute Gasteiger partial charge is 0.340 e. The van der Waals surface area contributed by atoms with Crippen LogP contribution in [0.5, 0.6) is 0 Å². The van der Waals surface area contributed by atoms with E-state index in [4.69, 9.17) is 0 Å². The Labute approximate surface area is 99.1 Å². The topological polar surface area (TPSA) is 61.5 Å². The highest BCUT2D eigenvalue weighted by molar-refractivity contribution is 5.50. The number of hydrogen-bond donors (Lipinski definition) is 2. The van der Waals surface area contributed by atoms with E-state index in [2.05, 4.69) is 21.9 Å². The zero-order valence-electron chi connectivity index (χ0n) is 9.79. The zero-order valence-corrected chi connectivity index (χ0v) is 9.79. The van der Waals surface area contributed by atoms with Gasteiger partial charge in [-0.05, 0) is 31.2 Å². The monoisotopic (exact) mass is 229 g/mol. The molecule has 0 saturated carbocycles. The summed E-state index contributed by atoms with van der Waals surface area (Å²) in [7, 11) is 0. The minimum Gasteiger partial charge on any atom is -0.340 e. The Kier molecular flexibility index (Phi) is 2.35. The maximum atomic E-state index is 11.3. The smallest absolute Gasteiger partial charge is 0.248 e. The average Bonchev–Trinajstić information content (AvgIpc) is 2.72. The van der Waals surface area contributed by atoms with Gasteiger partial charge in [0, 0.05) is 11.8 Å². The standard InChI is InChI=1S/C13H15N3O/c1-8-5-6-9-11(7-8)16-13(15-9)10-3-2-4-12(17)14-10/h2-4,8H,5-7H2,1H3,(H,14,17)(H,15,16). The van der Waals surface area contributed by atoms with E-state index in [1.54, 1.807) is 6.07 Å². The molecule has 4 heteroatoms. The Morgan fingerprint density at radius 1 is 1.35 bits per heavy atom. The Morgan fingerprint density at radius 3 is 3.06 bits per heavy atom. The maximum absolute atomic E-state index is 11.3. The second-order valence-corrected chi connectivity index (χ2v) is 4.79. The predicted molar refractivity (Wildman–Crippen MR) is 65.8 cm³/mol. The van der Waals surface area contributed by atoms with Gasteiger partial charge in [-0.15, -0.1) is 0 Å². The molecule has 3 rings (SSSR count). The van der Waals surface area contributed by atoms with Gasteiger partial charge in [-0.25, -0.2) is 4.98 Å². The van der Waals surface area contributed by atoms with Crippen molar-refractivity contribution < 1.29 is 0 Å². The molecule has 17 heavy (non-hydrogen) atoms. The van der Waals surface area contributed by atoms with Crippen molar-refractivity contribution in [3.05, 3.63) is 39.9 Å². The summed E-state index contributed by atoms with van der Waals surface area (Å²) in [4.78, 5) is 22.0. The lowest BCUT2D eigenvalue weighted by molar-refractivity contribution is 0.492. The molecule has 0 saturated heterocycles.